The van der Waals surface area contributed by atoms with Gasteiger partial charge in [-0.1, -0.05) is 6.58 Å². The average Bonchev–Trinajstić information content (AvgIpc) is 1.85. The number of esters is 1. The fourth-order valence-electron chi connectivity index (χ4n) is 0.306. The summed E-state index contributed by atoms with van der Waals surface area (Å²) in [6.07, 6.45) is 0.907. The molecule has 0 heterocycles. The van der Waals surface area contributed by atoms with Crippen LogP contribution in [-0.4, -0.2) is 82.7 Å². The van der Waals surface area contributed by atoms with Crippen molar-refractivity contribution in [2.24, 2.45) is 0 Å². The van der Waals surface area contributed by atoms with Crippen LogP contribution in [0.2, 0.25) is 0 Å². The van der Waals surface area contributed by atoms with E-state index in [-0.39, 0.29) is 58.0 Å². The summed E-state index contributed by atoms with van der Waals surface area (Å²) in [6, 6.07) is 0. The Morgan fingerprint density at radius 1 is 1.58 bits per heavy atom. The molecule has 0 saturated heterocycles. The van der Waals surface area contributed by atoms with E-state index in [4.69, 9.17) is 4.55 Å². The van der Waals surface area contributed by atoms with Gasteiger partial charge in [-0.15, -0.1) is 0 Å². The van der Waals surface area contributed by atoms with Crippen LogP contribution < -0.4 is 0 Å². The van der Waals surface area contributed by atoms with E-state index in [2.05, 4.69) is 11.3 Å². The first-order valence-electron chi connectivity index (χ1n) is 2.70. The Morgan fingerprint density at radius 2 is 2.08 bits per heavy atom. The zero-order valence-electron chi connectivity index (χ0n) is 5.69. The maximum atomic E-state index is 10.3. The van der Waals surface area contributed by atoms with Gasteiger partial charge in [-0.3, -0.25) is 4.55 Å². The molecule has 0 aliphatic rings. The molecule has 1 N–H and O–H groups in total. The van der Waals surface area contributed by atoms with Crippen LogP contribution in [0.4, 0.5) is 0 Å². The Hall–Kier alpha value is 0.756. The van der Waals surface area contributed by atoms with Crippen molar-refractivity contribution in [3.05, 3.63) is 12.7 Å². The molecular weight excluding hydrogens is 211 g/mol. The Bertz CT molecular complexity index is 245. The topological polar surface area (TPSA) is 80.7 Å². The third kappa shape index (κ3) is 10.8. The normalized spacial score (nSPS) is 9.75. The Kier molecular flexibility index (Phi) is 9.13. The molecule has 0 amide bonds. The molecule has 66 valence electrons. The van der Waals surface area contributed by atoms with E-state index in [0.29, 0.717) is 0 Å². The number of ether oxygens (including phenoxy) is 1. The fourth-order valence-corrected chi connectivity index (χ4v) is 0.600. The quantitative estimate of drug-likeness (QED) is 0.283. The molecule has 0 fully saturated rings. The first kappa shape index (κ1) is 15.2. The van der Waals surface area contributed by atoms with Crippen LogP contribution in [0.1, 0.15) is 0 Å². The monoisotopic (exact) mass is 220 g/mol. The molecule has 0 unspecified atom stereocenters. The zero-order chi connectivity index (χ0) is 8.91. The van der Waals surface area contributed by atoms with Crippen molar-refractivity contribution in [2.75, 3.05) is 12.4 Å². The Morgan fingerprint density at radius 3 is 2.42 bits per heavy atom. The molecule has 7 heteroatoms. The second-order valence-corrected chi connectivity index (χ2v) is 3.23. The molecular formula is C5H9KO5S. The number of carbonyl (C=O) groups is 1. The van der Waals surface area contributed by atoms with Crippen molar-refractivity contribution in [3.8, 4) is 0 Å². The third-order valence-electron chi connectivity index (χ3n) is 0.752. The van der Waals surface area contributed by atoms with Gasteiger partial charge in [0.2, 0.25) is 0 Å². The molecule has 0 aliphatic heterocycles. The van der Waals surface area contributed by atoms with E-state index < -0.39 is 21.8 Å². The first-order valence-corrected chi connectivity index (χ1v) is 4.31. The van der Waals surface area contributed by atoms with Crippen LogP contribution in [-0.2, 0) is 19.6 Å². The fraction of sp³-hybridized carbons (Fsp3) is 0.400. The van der Waals surface area contributed by atoms with Crippen molar-refractivity contribution < 1.29 is 22.5 Å². The van der Waals surface area contributed by atoms with Crippen LogP contribution in [0.3, 0.4) is 0 Å². The summed E-state index contributed by atoms with van der Waals surface area (Å²) in [5.41, 5.74) is 0. The molecule has 0 aromatic heterocycles. The molecule has 0 rings (SSSR count). The standard InChI is InChI=1S/C5H8O5S.K.H/c1-2-5(6)10-3-4-11(7,8)9;;/h2H,1,3-4H2,(H,7,8,9);;. The van der Waals surface area contributed by atoms with E-state index in [1.807, 2.05) is 0 Å². The molecule has 0 aliphatic carbocycles. The zero-order valence-corrected chi connectivity index (χ0v) is 6.50. The van der Waals surface area contributed by atoms with Crippen molar-refractivity contribution in [1.82, 2.24) is 0 Å². The van der Waals surface area contributed by atoms with E-state index in [0.717, 1.165) is 6.08 Å². The van der Waals surface area contributed by atoms with Crippen molar-refractivity contribution >= 4 is 67.5 Å². The molecule has 0 aromatic rings. The minimum atomic E-state index is -4.04. The Labute approximate surface area is 113 Å². The summed E-state index contributed by atoms with van der Waals surface area (Å²) in [4.78, 5) is 10.3. The molecule has 12 heavy (non-hydrogen) atoms. The number of hydrogen-bond acceptors (Lipinski definition) is 4. The van der Waals surface area contributed by atoms with E-state index in [1.54, 1.807) is 0 Å². The summed E-state index contributed by atoms with van der Waals surface area (Å²) < 4.78 is 32.5. The third-order valence-corrected chi connectivity index (χ3v) is 1.43. The van der Waals surface area contributed by atoms with Crippen LogP contribution in [0.25, 0.3) is 0 Å². The number of carbonyl (C=O) groups excluding carboxylic acids is 1. The SMILES string of the molecule is C=CC(=O)OCCS(=O)(=O)O.[KH]. The first-order chi connectivity index (χ1) is 4.95. The van der Waals surface area contributed by atoms with Gasteiger partial charge in [0.05, 0.1) is 0 Å². The van der Waals surface area contributed by atoms with Gasteiger partial charge in [0.1, 0.15) is 12.4 Å². The molecule has 0 radical (unpaired) electrons. The molecule has 5 nitrogen and oxygen atoms in total. The van der Waals surface area contributed by atoms with E-state index in [9.17, 15) is 13.2 Å². The van der Waals surface area contributed by atoms with Crippen LogP contribution in [0.15, 0.2) is 12.7 Å². The van der Waals surface area contributed by atoms with Crippen LogP contribution >= 0.6 is 0 Å². The second kappa shape index (κ2) is 7.19. The summed E-state index contributed by atoms with van der Waals surface area (Å²) in [5, 5.41) is 0. The minimum absolute atomic E-state index is 0. The number of hydrogen-bond donors (Lipinski definition) is 1. The van der Waals surface area contributed by atoms with Gasteiger partial charge in [0.15, 0.2) is 0 Å². The summed E-state index contributed by atoms with van der Waals surface area (Å²) in [6.45, 7) is 2.73. The van der Waals surface area contributed by atoms with Crippen molar-refractivity contribution in [2.45, 2.75) is 0 Å². The molecule has 0 atom stereocenters. The van der Waals surface area contributed by atoms with Crippen LogP contribution in [0.5, 0.6) is 0 Å². The predicted octanol–water partition coefficient (Wildman–Crippen LogP) is -1.05. The predicted molar refractivity (Wildman–Crippen MR) is 44.7 cm³/mol. The number of rotatable bonds is 4. The maximum absolute atomic E-state index is 10.3. The summed E-state index contributed by atoms with van der Waals surface area (Å²) in [5.74, 6) is -1.30. The van der Waals surface area contributed by atoms with Crippen molar-refractivity contribution in [3.63, 3.8) is 0 Å². The molecule has 0 spiro atoms. The van der Waals surface area contributed by atoms with Gasteiger partial charge in [0.25, 0.3) is 10.1 Å². The second-order valence-electron chi connectivity index (χ2n) is 1.66. The van der Waals surface area contributed by atoms with E-state index >= 15 is 0 Å². The van der Waals surface area contributed by atoms with Gasteiger partial charge in [-0.25, -0.2) is 4.79 Å². The molecule has 0 aromatic carbocycles. The van der Waals surface area contributed by atoms with Crippen LogP contribution in [0, 0.1) is 0 Å². The summed E-state index contributed by atoms with van der Waals surface area (Å²) in [7, 11) is -4.04. The summed E-state index contributed by atoms with van der Waals surface area (Å²) >= 11 is 0. The van der Waals surface area contributed by atoms with Gasteiger partial charge in [-0.05, 0) is 0 Å². The average molecular weight is 220 g/mol. The van der Waals surface area contributed by atoms with Gasteiger partial charge >= 0.3 is 57.4 Å². The van der Waals surface area contributed by atoms with Gasteiger partial charge in [0, 0.05) is 6.08 Å². The molecule has 0 saturated carbocycles. The molecule has 0 bridgehead atoms. The van der Waals surface area contributed by atoms with Gasteiger partial charge < -0.3 is 4.74 Å². The Balaban J connectivity index is 0. The van der Waals surface area contributed by atoms with Crippen molar-refractivity contribution in [1.29, 1.82) is 0 Å². The van der Waals surface area contributed by atoms with Gasteiger partial charge in [-0.2, -0.15) is 8.42 Å². The van der Waals surface area contributed by atoms with E-state index in [1.165, 1.54) is 0 Å².